The molecule has 0 spiro atoms. The highest BCUT2D eigenvalue weighted by Gasteiger charge is 2.33. The van der Waals surface area contributed by atoms with Crippen LogP contribution in [0.3, 0.4) is 0 Å². The van der Waals surface area contributed by atoms with E-state index in [-0.39, 0.29) is 17.7 Å². The van der Waals surface area contributed by atoms with Gasteiger partial charge in [-0.05, 0) is 35.5 Å². The van der Waals surface area contributed by atoms with Gasteiger partial charge in [0.15, 0.2) is 0 Å². The average molecular weight is 324 g/mol. The fourth-order valence-corrected chi connectivity index (χ4v) is 2.80. The van der Waals surface area contributed by atoms with Gasteiger partial charge in [0, 0.05) is 11.0 Å². The summed E-state index contributed by atoms with van der Waals surface area (Å²) in [7, 11) is 0. The molecule has 0 unspecified atom stereocenters. The van der Waals surface area contributed by atoms with Crippen molar-refractivity contribution >= 4 is 44.9 Å². The minimum Gasteiger partial charge on any atom is -0.268 e. The van der Waals surface area contributed by atoms with Crippen LogP contribution in [-0.4, -0.2) is 22.6 Å². The van der Waals surface area contributed by atoms with Crippen molar-refractivity contribution in [3.63, 3.8) is 0 Å². The summed E-state index contributed by atoms with van der Waals surface area (Å²) < 4.78 is 0.932. The molecule has 1 heterocycles. The fraction of sp³-hybridized carbons (Fsp3) is 0.0769. The van der Waals surface area contributed by atoms with Crippen LogP contribution in [-0.2, 0) is 4.79 Å². The van der Waals surface area contributed by atoms with Crippen LogP contribution in [0, 0.1) is 0 Å². The SMILES string of the molecule is C=CCN1C(=O)S/C(=C\c2cccc(Br)c2)C1=O. The molecule has 3 nitrogen and oxygen atoms in total. The summed E-state index contributed by atoms with van der Waals surface area (Å²) in [4.78, 5) is 25.2. The molecule has 1 aromatic carbocycles. The van der Waals surface area contributed by atoms with Crippen LogP contribution in [0.4, 0.5) is 4.79 Å². The van der Waals surface area contributed by atoms with Gasteiger partial charge in [-0.15, -0.1) is 6.58 Å². The fourth-order valence-electron chi connectivity index (χ4n) is 1.53. The first-order valence-corrected chi connectivity index (χ1v) is 6.84. The Morgan fingerprint density at radius 3 is 2.83 bits per heavy atom. The Bertz CT molecular complexity index is 554. The molecule has 0 saturated carbocycles. The molecule has 0 radical (unpaired) electrons. The molecule has 1 aliphatic heterocycles. The molecule has 1 aromatic rings. The van der Waals surface area contributed by atoms with E-state index in [4.69, 9.17) is 0 Å². The molecule has 0 atom stereocenters. The van der Waals surface area contributed by atoms with E-state index in [9.17, 15) is 9.59 Å². The van der Waals surface area contributed by atoms with E-state index >= 15 is 0 Å². The first-order valence-electron chi connectivity index (χ1n) is 5.23. The van der Waals surface area contributed by atoms with E-state index in [0.717, 1.165) is 21.8 Å². The molecule has 18 heavy (non-hydrogen) atoms. The van der Waals surface area contributed by atoms with Gasteiger partial charge in [-0.3, -0.25) is 14.5 Å². The second-order valence-electron chi connectivity index (χ2n) is 3.64. The molecule has 2 amide bonds. The lowest BCUT2D eigenvalue weighted by Crippen LogP contribution is -2.27. The summed E-state index contributed by atoms with van der Waals surface area (Å²) in [5.74, 6) is -0.259. The third kappa shape index (κ3) is 2.73. The van der Waals surface area contributed by atoms with E-state index < -0.39 is 0 Å². The van der Waals surface area contributed by atoms with Crippen LogP contribution in [0.2, 0.25) is 0 Å². The van der Waals surface area contributed by atoms with Gasteiger partial charge < -0.3 is 0 Å². The van der Waals surface area contributed by atoms with Crippen molar-refractivity contribution in [1.29, 1.82) is 0 Å². The molecular weight excluding hydrogens is 314 g/mol. The molecule has 5 heteroatoms. The Labute approximate surface area is 118 Å². The van der Waals surface area contributed by atoms with Crippen molar-refractivity contribution in [2.24, 2.45) is 0 Å². The maximum atomic E-state index is 12.0. The second kappa shape index (κ2) is 5.54. The summed E-state index contributed by atoms with van der Waals surface area (Å²) in [6.07, 6.45) is 3.26. The highest BCUT2D eigenvalue weighted by molar-refractivity contribution is 9.10. The maximum Gasteiger partial charge on any atom is 0.293 e. The normalized spacial score (nSPS) is 17.6. The summed E-state index contributed by atoms with van der Waals surface area (Å²) in [5.41, 5.74) is 0.883. The third-order valence-corrected chi connectivity index (χ3v) is 3.73. The molecule has 1 aliphatic rings. The van der Waals surface area contributed by atoms with Gasteiger partial charge in [0.1, 0.15) is 0 Å². The number of carbonyl (C=O) groups excluding carboxylic acids is 2. The van der Waals surface area contributed by atoms with Gasteiger partial charge in [-0.2, -0.15) is 0 Å². The first-order chi connectivity index (χ1) is 8.61. The van der Waals surface area contributed by atoms with E-state index in [2.05, 4.69) is 22.5 Å². The minimum atomic E-state index is -0.259. The monoisotopic (exact) mass is 323 g/mol. The van der Waals surface area contributed by atoms with Crippen LogP contribution < -0.4 is 0 Å². The Balaban J connectivity index is 2.27. The maximum absolute atomic E-state index is 12.0. The number of benzene rings is 1. The molecule has 0 N–H and O–H groups in total. The number of nitrogens with zero attached hydrogens (tertiary/aromatic N) is 1. The largest absolute Gasteiger partial charge is 0.293 e. The Morgan fingerprint density at radius 1 is 1.39 bits per heavy atom. The molecule has 0 aliphatic carbocycles. The molecule has 0 bridgehead atoms. The van der Waals surface area contributed by atoms with Gasteiger partial charge >= 0.3 is 0 Å². The predicted octanol–water partition coefficient (Wildman–Crippen LogP) is 3.67. The smallest absolute Gasteiger partial charge is 0.268 e. The van der Waals surface area contributed by atoms with E-state index in [1.54, 1.807) is 12.2 Å². The van der Waals surface area contributed by atoms with Gasteiger partial charge in [-0.1, -0.05) is 34.1 Å². The van der Waals surface area contributed by atoms with Gasteiger partial charge in [0.05, 0.1) is 4.91 Å². The summed E-state index contributed by atoms with van der Waals surface area (Å²) >= 11 is 4.32. The quantitative estimate of drug-likeness (QED) is 0.629. The Hall–Kier alpha value is -1.33. The third-order valence-electron chi connectivity index (χ3n) is 2.33. The van der Waals surface area contributed by atoms with Crippen molar-refractivity contribution in [3.05, 3.63) is 51.9 Å². The molecule has 1 saturated heterocycles. The molecule has 0 aromatic heterocycles. The van der Waals surface area contributed by atoms with Gasteiger partial charge in [0.2, 0.25) is 0 Å². The zero-order valence-electron chi connectivity index (χ0n) is 9.43. The van der Waals surface area contributed by atoms with E-state index in [0.29, 0.717) is 4.91 Å². The predicted molar refractivity (Wildman–Crippen MR) is 77.0 cm³/mol. The van der Waals surface area contributed by atoms with Crippen molar-refractivity contribution in [1.82, 2.24) is 4.90 Å². The van der Waals surface area contributed by atoms with Crippen LogP contribution in [0.5, 0.6) is 0 Å². The number of halogens is 1. The van der Waals surface area contributed by atoms with Crippen molar-refractivity contribution in [2.45, 2.75) is 0 Å². The van der Waals surface area contributed by atoms with Crippen LogP contribution in [0.1, 0.15) is 5.56 Å². The van der Waals surface area contributed by atoms with Crippen LogP contribution >= 0.6 is 27.7 Å². The van der Waals surface area contributed by atoms with E-state index in [1.807, 2.05) is 24.3 Å². The standard InChI is InChI=1S/C13H10BrNO2S/c1-2-6-15-12(16)11(18-13(15)17)8-9-4-3-5-10(14)7-9/h2-5,7-8H,1,6H2/b11-8-. The highest BCUT2D eigenvalue weighted by atomic mass is 79.9. The van der Waals surface area contributed by atoms with Crippen LogP contribution in [0.25, 0.3) is 6.08 Å². The number of rotatable bonds is 3. The lowest BCUT2D eigenvalue weighted by molar-refractivity contribution is -0.122. The number of imide groups is 1. The lowest BCUT2D eigenvalue weighted by Gasteiger charge is -2.07. The number of thioether (sulfide) groups is 1. The highest BCUT2D eigenvalue weighted by Crippen LogP contribution is 2.32. The molecule has 1 fully saturated rings. The molecule has 92 valence electrons. The molecule has 2 rings (SSSR count). The topological polar surface area (TPSA) is 37.4 Å². The van der Waals surface area contributed by atoms with Gasteiger partial charge in [0.25, 0.3) is 11.1 Å². The Morgan fingerprint density at radius 2 is 2.17 bits per heavy atom. The lowest BCUT2D eigenvalue weighted by atomic mass is 10.2. The molecular formula is C13H10BrNO2S. The number of hydrogen-bond donors (Lipinski definition) is 0. The minimum absolute atomic E-state index is 0.249. The summed E-state index contributed by atoms with van der Waals surface area (Å²) in [6.45, 7) is 3.78. The number of amides is 2. The number of carbonyl (C=O) groups is 2. The Kier molecular flexibility index (Phi) is 4.04. The number of hydrogen-bond acceptors (Lipinski definition) is 3. The summed E-state index contributed by atoms with van der Waals surface area (Å²) in [5, 5.41) is -0.249. The van der Waals surface area contributed by atoms with Crippen molar-refractivity contribution in [3.8, 4) is 0 Å². The summed E-state index contributed by atoms with van der Waals surface area (Å²) in [6, 6.07) is 7.55. The zero-order chi connectivity index (χ0) is 13.1. The van der Waals surface area contributed by atoms with Crippen LogP contribution in [0.15, 0.2) is 46.3 Å². The first kappa shape index (κ1) is 13.1. The van der Waals surface area contributed by atoms with Gasteiger partial charge in [-0.25, -0.2) is 0 Å². The second-order valence-corrected chi connectivity index (χ2v) is 5.54. The zero-order valence-corrected chi connectivity index (χ0v) is 11.8. The van der Waals surface area contributed by atoms with Crippen molar-refractivity contribution < 1.29 is 9.59 Å². The van der Waals surface area contributed by atoms with Crippen molar-refractivity contribution in [2.75, 3.05) is 6.54 Å². The van der Waals surface area contributed by atoms with E-state index in [1.165, 1.54) is 4.90 Å². The average Bonchev–Trinajstić information content (AvgIpc) is 2.57.